The Morgan fingerprint density at radius 3 is 3.06 bits per heavy atom. The van der Waals surface area contributed by atoms with Gasteiger partial charge in [0.2, 0.25) is 0 Å². The zero-order valence-electron chi connectivity index (χ0n) is 9.48. The summed E-state index contributed by atoms with van der Waals surface area (Å²) >= 11 is 0. The second-order valence-electron chi connectivity index (χ2n) is 3.84. The van der Waals surface area contributed by atoms with Gasteiger partial charge in [-0.1, -0.05) is 6.07 Å². The summed E-state index contributed by atoms with van der Waals surface area (Å²) in [5.74, 6) is 0. The molecule has 0 spiro atoms. The zero-order chi connectivity index (χ0) is 11.2. The van der Waals surface area contributed by atoms with Crippen LogP contribution in [0.15, 0.2) is 24.4 Å². The van der Waals surface area contributed by atoms with Crippen LogP contribution in [0.1, 0.15) is 12.1 Å². The summed E-state index contributed by atoms with van der Waals surface area (Å²) in [6.45, 7) is 2.30. The number of halogens is 1. The quantitative estimate of drug-likeness (QED) is 0.745. The molecule has 1 aromatic heterocycles. The molecule has 0 radical (unpaired) electrons. The summed E-state index contributed by atoms with van der Waals surface area (Å²) in [5, 5.41) is 8.89. The Balaban J connectivity index is 0.00000144. The number of hydrogen-bond acceptors (Lipinski definition) is 3. The number of aromatic nitrogens is 1. The van der Waals surface area contributed by atoms with E-state index < -0.39 is 0 Å². The van der Waals surface area contributed by atoms with Crippen LogP contribution in [0.4, 0.5) is 4.79 Å². The van der Waals surface area contributed by atoms with E-state index in [1.165, 1.54) is 0 Å². The SMILES string of the molecule is Cl.O=C(NCc1ccccn1)NC1CCNC1. The van der Waals surface area contributed by atoms with Crippen molar-refractivity contribution in [1.82, 2.24) is 20.9 Å². The van der Waals surface area contributed by atoms with Crippen LogP contribution in [0.5, 0.6) is 0 Å². The number of pyridine rings is 1. The van der Waals surface area contributed by atoms with Gasteiger partial charge in [0.05, 0.1) is 12.2 Å². The number of amides is 2. The third kappa shape index (κ3) is 4.58. The Morgan fingerprint density at radius 2 is 2.41 bits per heavy atom. The Hall–Kier alpha value is -1.33. The van der Waals surface area contributed by atoms with Gasteiger partial charge in [-0.05, 0) is 25.1 Å². The number of rotatable bonds is 3. The summed E-state index contributed by atoms with van der Waals surface area (Å²) in [4.78, 5) is 15.6. The van der Waals surface area contributed by atoms with Crippen molar-refractivity contribution in [2.75, 3.05) is 13.1 Å². The van der Waals surface area contributed by atoms with Crippen molar-refractivity contribution in [1.29, 1.82) is 0 Å². The van der Waals surface area contributed by atoms with Gasteiger partial charge in [-0.2, -0.15) is 0 Å². The summed E-state index contributed by atoms with van der Waals surface area (Å²) in [5.41, 5.74) is 0.863. The molecular formula is C11H17ClN4O. The first-order chi connectivity index (χ1) is 7.84. The van der Waals surface area contributed by atoms with Gasteiger partial charge in [-0.3, -0.25) is 4.98 Å². The average Bonchev–Trinajstić information content (AvgIpc) is 2.81. The van der Waals surface area contributed by atoms with E-state index in [1.54, 1.807) is 6.20 Å². The molecule has 3 N–H and O–H groups in total. The van der Waals surface area contributed by atoms with Gasteiger partial charge in [0, 0.05) is 18.8 Å². The second-order valence-corrected chi connectivity index (χ2v) is 3.84. The first-order valence-electron chi connectivity index (χ1n) is 5.49. The van der Waals surface area contributed by atoms with Crippen LogP contribution < -0.4 is 16.0 Å². The van der Waals surface area contributed by atoms with Crippen LogP contribution in [-0.4, -0.2) is 30.1 Å². The molecule has 2 heterocycles. The first kappa shape index (κ1) is 13.7. The Kier molecular flexibility index (Phi) is 5.72. The van der Waals surface area contributed by atoms with Gasteiger partial charge >= 0.3 is 6.03 Å². The molecule has 6 heteroatoms. The summed E-state index contributed by atoms with van der Waals surface area (Å²) in [6.07, 6.45) is 2.72. The normalized spacial score (nSPS) is 18.2. The van der Waals surface area contributed by atoms with E-state index in [9.17, 15) is 4.79 Å². The van der Waals surface area contributed by atoms with E-state index >= 15 is 0 Å². The van der Waals surface area contributed by atoms with Crippen molar-refractivity contribution >= 4 is 18.4 Å². The van der Waals surface area contributed by atoms with Crippen molar-refractivity contribution in [3.8, 4) is 0 Å². The fraction of sp³-hybridized carbons (Fsp3) is 0.455. The topological polar surface area (TPSA) is 66.0 Å². The minimum absolute atomic E-state index is 0. The van der Waals surface area contributed by atoms with Crippen molar-refractivity contribution in [2.24, 2.45) is 0 Å². The van der Waals surface area contributed by atoms with Gasteiger partial charge in [0.25, 0.3) is 0 Å². The van der Waals surface area contributed by atoms with Crippen LogP contribution in [0.25, 0.3) is 0 Å². The summed E-state index contributed by atoms with van der Waals surface area (Å²) < 4.78 is 0. The van der Waals surface area contributed by atoms with Crippen LogP contribution in [-0.2, 0) is 6.54 Å². The van der Waals surface area contributed by atoms with Crippen LogP contribution in [0.2, 0.25) is 0 Å². The van der Waals surface area contributed by atoms with Gasteiger partial charge in [0.1, 0.15) is 0 Å². The zero-order valence-corrected chi connectivity index (χ0v) is 10.3. The van der Waals surface area contributed by atoms with Gasteiger partial charge in [0.15, 0.2) is 0 Å². The second kappa shape index (κ2) is 7.09. The Bertz CT molecular complexity index is 341. The molecule has 2 amide bonds. The lowest BCUT2D eigenvalue weighted by atomic mass is 10.3. The van der Waals surface area contributed by atoms with E-state index in [0.29, 0.717) is 6.54 Å². The number of carbonyl (C=O) groups is 1. The Morgan fingerprint density at radius 1 is 1.53 bits per heavy atom. The minimum Gasteiger partial charge on any atom is -0.334 e. The van der Waals surface area contributed by atoms with E-state index in [2.05, 4.69) is 20.9 Å². The molecule has 17 heavy (non-hydrogen) atoms. The first-order valence-corrected chi connectivity index (χ1v) is 5.49. The lowest BCUT2D eigenvalue weighted by molar-refractivity contribution is 0.237. The highest BCUT2D eigenvalue weighted by Gasteiger charge is 2.15. The van der Waals surface area contributed by atoms with Gasteiger partial charge < -0.3 is 16.0 Å². The lowest BCUT2D eigenvalue weighted by Crippen LogP contribution is -2.42. The molecule has 2 rings (SSSR count). The minimum atomic E-state index is -0.126. The molecule has 1 aliphatic rings. The average molecular weight is 257 g/mol. The molecule has 0 aliphatic carbocycles. The maximum Gasteiger partial charge on any atom is 0.315 e. The molecule has 94 valence electrons. The van der Waals surface area contributed by atoms with Crippen LogP contribution >= 0.6 is 12.4 Å². The number of nitrogens with zero attached hydrogens (tertiary/aromatic N) is 1. The summed E-state index contributed by atoms with van der Waals surface area (Å²) in [6, 6.07) is 5.77. The third-order valence-corrected chi connectivity index (χ3v) is 2.55. The number of urea groups is 1. The highest BCUT2D eigenvalue weighted by atomic mass is 35.5. The van der Waals surface area contributed by atoms with Crippen LogP contribution in [0, 0.1) is 0 Å². The monoisotopic (exact) mass is 256 g/mol. The van der Waals surface area contributed by atoms with Crippen molar-refractivity contribution in [3.63, 3.8) is 0 Å². The van der Waals surface area contributed by atoms with Gasteiger partial charge in [-0.15, -0.1) is 12.4 Å². The molecule has 0 bridgehead atoms. The summed E-state index contributed by atoms with van der Waals surface area (Å²) in [7, 11) is 0. The maximum absolute atomic E-state index is 11.5. The fourth-order valence-corrected chi connectivity index (χ4v) is 1.69. The number of hydrogen-bond donors (Lipinski definition) is 3. The predicted molar refractivity (Wildman–Crippen MR) is 68.1 cm³/mol. The van der Waals surface area contributed by atoms with E-state index in [0.717, 1.165) is 25.2 Å². The highest BCUT2D eigenvalue weighted by Crippen LogP contribution is 1.97. The molecule has 5 nitrogen and oxygen atoms in total. The van der Waals surface area contributed by atoms with Gasteiger partial charge in [-0.25, -0.2) is 4.79 Å². The fourth-order valence-electron chi connectivity index (χ4n) is 1.69. The predicted octanol–water partition coefficient (Wildman–Crippen LogP) is 0.664. The Labute approximate surface area is 107 Å². The largest absolute Gasteiger partial charge is 0.334 e. The molecule has 1 fully saturated rings. The molecule has 0 saturated carbocycles. The van der Waals surface area contributed by atoms with E-state index in [-0.39, 0.29) is 24.5 Å². The third-order valence-electron chi connectivity index (χ3n) is 2.55. The van der Waals surface area contributed by atoms with Crippen molar-refractivity contribution < 1.29 is 4.79 Å². The highest BCUT2D eigenvalue weighted by molar-refractivity contribution is 5.85. The number of nitrogens with one attached hydrogen (secondary N) is 3. The lowest BCUT2D eigenvalue weighted by Gasteiger charge is -2.12. The standard InChI is InChI=1S/C11H16N4O.ClH/c16-11(15-10-4-6-12-7-10)14-8-9-3-1-2-5-13-9;/h1-3,5,10,12H,4,6-8H2,(H2,14,15,16);1H. The maximum atomic E-state index is 11.5. The molecule has 1 atom stereocenters. The van der Waals surface area contributed by atoms with Crippen LogP contribution in [0.3, 0.4) is 0 Å². The smallest absolute Gasteiger partial charge is 0.315 e. The molecule has 1 unspecified atom stereocenters. The molecule has 0 aromatic carbocycles. The van der Waals surface area contributed by atoms with Crippen molar-refractivity contribution in [3.05, 3.63) is 30.1 Å². The number of carbonyl (C=O) groups excluding carboxylic acids is 1. The molecular weight excluding hydrogens is 240 g/mol. The molecule has 1 aliphatic heterocycles. The van der Waals surface area contributed by atoms with E-state index in [4.69, 9.17) is 0 Å². The molecule has 1 saturated heterocycles. The van der Waals surface area contributed by atoms with Crippen molar-refractivity contribution in [2.45, 2.75) is 19.0 Å². The van der Waals surface area contributed by atoms with E-state index in [1.807, 2.05) is 18.2 Å². The molecule has 1 aromatic rings.